The summed E-state index contributed by atoms with van der Waals surface area (Å²) in [4.78, 5) is 11.6. The molecule has 0 bridgehead atoms. The van der Waals surface area contributed by atoms with Crippen molar-refractivity contribution < 1.29 is 14.3 Å². The number of para-hydroxylation sites is 2. The van der Waals surface area contributed by atoms with Gasteiger partial charge in [-0.25, -0.2) is 4.79 Å². The lowest BCUT2D eigenvalue weighted by molar-refractivity contribution is 0.0697. The second kappa shape index (κ2) is 5.25. The number of carboxylic acids is 1. The lowest BCUT2D eigenvalue weighted by atomic mass is 9.98. The number of hydrogen-bond donors (Lipinski definition) is 1. The number of fused-ring (bicyclic) bond motifs is 3. The van der Waals surface area contributed by atoms with Crippen LogP contribution in [0, 0.1) is 0 Å². The van der Waals surface area contributed by atoms with Crippen LogP contribution in [0.25, 0.3) is 33.1 Å². The molecule has 0 fully saturated rings. The molecule has 0 spiro atoms. The Morgan fingerprint density at radius 2 is 1.70 bits per heavy atom. The summed E-state index contributed by atoms with van der Waals surface area (Å²) in [6, 6.07) is 18.9. The molecule has 4 rings (SSSR count). The molecule has 0 amide bonds. The largest absolute Gasteiger partial charge is 0.478 e. The summed E-state index contributed by atoms with van der Waals surface area (Å²) in [6.45, 7) is 0. The third-order valence-corrected chi connectivity index (χ3v) is 4.40. The van der Waals surface area contributed by atoms with Crippen molar-refractivity contribution in [3.8, 4) is 11.1 Å². The van der Waals surface area contributed by atoms with E-state index in [1.54, 1.807) is 12.1 Å². The van der Waals surface area contributed by atoms with Crippen LogP contribution in [-0.4, -0.2) is 11.1 Å². The fourth-order valence-corrected chi connectivity index (χ4v) is 3.25. The van der Waals surface area contributed by atoms with E-state index in [1.165, 1.54) is 0 Å². The van der Waals surface area contributed by atoms with Gasteiger partial charge in [-0.15, -0.1) is 0 Å². The van der Waals surface area contributed by atoms with Crippen molar-refractivity contribution in [3.63, 3.8) is 0 Å². The van der Waals surface area contributed by atoms with Gasteiger partial charge in [0.15, 0.2) is 0 Å². The highest BCUT2D eigenvalue weighted by Gasteiger charge is 2.17. The molecule has 4 heteroatoms. The Hall–Kier alpha value is -2.59. The van der Waals surface area contributed by atoms with Crippen molar-refractivity contribution >= 4 is 43.8 Å². The van der Waals surface area contributed by atoms with E-state index in [-0.39, 0.29) is 5.56 Å². The molecule has 0 aliphatic rings. The monoisotopic (exact) mass is 366 g/mol. The highest BCUT2D eigenvalue weighted by molar-refractivity contribution is 9.10. The van der Waals surface area contributed by atoms with Crippen LogP contribution in [-0.2, 0) is 0 Å². The van der Waals surface area contributed by atoms with Crippen molar-refractivity contribution in [2.75, 3.05) is 0 Å². The molecule has 4 aromatic rings. The number of benzene rings is 3. The van der Waals surface area contributed by atoms with Gasteiger partial charge in [0.2, 0.25) is 0 Å². The number of carbonyl (C=O) groups is 1. The van der Waals surface area contributed by atoms with Gasteiger partial charge in [0.05, 0.1) is 5.56 Å². The predicted molar refractivity (Wildman–Crippen MR) is 93.8 cm³/mol. The number of hydrogen-bond acceptors (Lipinski definition) is 2. The fraction of sp³-hybridized carbons (Fsp3) is 0. The molecule has 0 aliphatic heterocycles. The SMILES string of the molecule is O=C(O)c1cc(Br)ccc1-c1cccc2c1oc1ccccc12. The topological polar surface area (TPSA) is 50.4 Å². The fourth-order valence-electron chi connectivity index (χ4n) is 2.89. The number of halogens is 1. The minimum absolute atomic E-state index is 0.243. The van der Waals surface area contributed by atoms with Crippen LogP contribution < -0.4 is 0 Å². The van der Waals surface area contributed by atoms with Crippen molar-refractivity contribution in [1.29, 1.82) is 0 Å². The Morgan fingerprint density at radius 1 is 0.913 bits per heavy atom. The Morgan fingerprint density at radius 3 is 2.52 bits per heavy atom. The molecule has 23 heavy (non-hydrogen) atoms. The summed E-state index contributed by atoms with van der Waals surface area (Å²) < 4.78 is 6.73. The quantitative estimate of drug-likeness (QED) is 0.493. The van der Waals surface area contributed by atoms with Gasteiger partial charge in [-0.3, -0.25) is 0 Å². The maximum absolute atomic E-state index is 11.6. The molecular formula is C19H11BrO3. The van der Waals surface area contributed by atoms with Crippen LogP contribution in [0.1, 0.15) is 10.4 Å². The molecule has 3 aromatic carbocycles. The molecule has 1 heterocycles. The Balaban J connectivity index is 2.09. The highest BCUT2D eigenvalue weighted by Crippen LogP contribution is 2.37. The van der Waals surface area contributed by atoms with Crippen LogP contribution in [0.4, 0.5) is 0 Å². The predicted octanol–water partition coefficient (Wildman–Crippen LogP) is 5.71. The lowest BCUT2D eigenvalue weighted by Gasteiger charge is -2.07. The summed E-state index contributed by atoms with van der Waals surface area (Å²) in [5.74, 6) is -0.964. The molecule has 1 N–H and O–H groups in total. The van der Waals surface area contributed by atoms with Crippen LogP contribution in [0.3, 0.4) is 0 Å². The summed E-state index contributed by atoms with van der Waals surface area (Å²) in [7, 11) is 0. The van der Waals surface area contributed by atoms with Gasteiger partial charge >= 0.3 is 5.97 Å². The summed E-state index contributed by atoms with van der Waals surface area (Å²) in [5.41, 5.74) is 3.17. The van der Waals surface area contributed by atoms with Crippen molar-refractivity contribution in [3.05, 3.63) is 70.7 Å². The van der Waals surface area contributed by atoms with Gasteiger partial charge in [-0.1, -0.05) is 58.4 Å². The van der Waals surface area contributed by atoms with Crippen molar-refractivity contribution in [2.45, 2.75) is 0 Å². The number of rotatable bonds is 2. The Kier molecular flexibility index (Phi) is 3.20. The molecule has 0 unspecified atom stereocenters. The van der Waals surface area contributed by atoms with Crippen molar-refractivity contribution in [2.24, 2.45) is 0 Å². The molecule has 1 aromatic heterocycles. The second-order valence-electron chi connectivity index (χ2n) is 5.28. The van der Waals surface area contributed by atoms with Gasteiger partial charge < -0.3 is 9.52 Å². The van der Waals surface area contributed by atoms with Gasteiger partial charge in [0.25, 0.3) is 0 Å². The average molecular weight is 367 g/mol. The smallest absolute Gasteiger partial charge is 0.336 e. The molecule has 0 radical (unpaired) electrons. The number of furan rings is 1. The van der Waals surface area contributed by atoms with E-state index in [0.717, 1.165) is 26.4 Å². The lowest BCUT2D eigenvalue weighted by Crippen LogP contribution is -1.99. The number of carboxylic acid groups (broad SMARTS) is 1. The summed E-state index contributed by atoms with van der Waals surface area (Å²) in [6.07, 6.45) is 0. The van der Waals surface area contributed by atoms with Gasteiger partial charge in [-0.05, 0) is 23.8 Å². The molecule has 0 saturated carbocycles. The molecular weight excluding hydrogens is 356 g/mol. The molecule has 0 atom stereocenters. The van der Waals surface area contributed by atoms with Gasteiger partial charge in [-0.2, -0.15) is 0 Å². The van der Waals surface area contributed by atoms with E-state index in [9.17, 15) is 9.90 Å². The Bertz CT molecular complexity index is 1060. The zero-order valence-electron chi connectivity index (χ0n) is 11.9. The van der Waals surface area contributed by atoms with Gasteiger partial charge in [0.1, 0.15) is 11.2 Å². The van der Waals surface area contributed by atoms with E-state index >= 15 is 0 Å². The summed E-state index contributed by atoms with van der Waals surface area (Å²) in [5, 5.41) is 11.5. The molecule has 3 nitrogen and oxygen atoms in total. The first kappa shape index (κ1) is 14.0. The van der Waals surface area contributed by atoms with Gasteiger partial charge in [0, 0.05) is 20.8 Å². The van der Waals surface area contributed by atoms with E-state index in [0.29, 0.717) is 11.1 Å². The van der Waals surface area contributed by atoms with E-state index in [2.05, 4.69) is 15.9 Å². The average Bonchev–Trinajstić information content (AvgIpc) is 2.93. The maximum atomic E-state index is 11.6. The molecule has 0 saturated heterocycles. The third-order valence-electron chi connectivity index (χ3n) is 3.91. The standard InChI is InChI=1S/C19H11BrO3/c20-11-8-9-12(16(10-11)19(21)22)14-5-3-6-15-13-4-1-2-7-17(13)23-18(14)15/h1-10H,(H,21,22). The first-order chi connectivity index (χ1) is 11.1. The minimum Gasteiger partial charge on any atom is -0.478 e. The minimum atomic E-state index is -0.964. The van der Waals surface area contributed by atoms with Crippen LogP contribution in [0.2, 0.25) is 0 Å². The highest BCUT2D eigenvalue weighted by atomic mass is 79.9. The van der Waals surface area contributed by atoms with E-state index in [4.69, 9.17) is 4.42 Å². The first-order valence-electron chi connectivity index (χ1n) is 7.08. The van der Waals surface area contributed by atoms with Crippen molar-refractivity contribution in [1.82, 2.24) is 0 Å². The van der Waals surface area contributed by atoms with Crippen LogP contribution in [0.15, 0.2) is 69.6 Å². The van der Waals surface area contributed by atoms with Crippen LogP contribution in [0.5, 0.6) is 0 Å². The second-order valence-corrected chi connectivity index (χ2v) is 6.19. The first-order valence-corrected chi connectivity index (χ1v) is 7.88. The summed E-state index contributed by atoms with van der Waals surface area (Å²) >= 11 is 3.33. The molecule has 112 valence electrons. The third kappa shape index (κ3) is 2.23. The zero-order chi connectivity index (χ0) is 16.0. The molecule has 0 aliphatic carbocycles. The van der Waals surface area contributed by atoms with E-state index in [1.807, 2.05) is 48.5 Å². The number of aromatic carboxylic acids is 1. The zero-order valence-corrected chi connectivity index (χ0v) is 13.5. The Labute approximate surface area is 140 Å². The van der Waals surface area contributed by atoms with E-state index < -0.39 is 5.97 Å². The van der Waals surface area contributed by atoms with Crippen LogP contribution >= 0.6 is 15.9 Å². The maximum Gasteiger partial charge on any atom is 0.336 e. The normalized spacial score (nSPS) is 11.2.